The molecule has 0 saturated carbocycles. The molecule has 0 unspecified atom stereocenters. The molecule has 6 rings (SSSR count). The number of allylic oxidation sites excluding steroid dienone is 1. The van der Waals surface area contributed by atoms with Gasteiger partial charge in [-0.25, -0.2) is 4.79 Å². The van der Waals surface area contributed by atoms with Crippen LogP contribution in [0.25, 0.3) is 10.3 Å². The summed E-state index contributed by atoms with van der Waals surface area (Å²) in [7, 11) is 0. The molecule has 1 saturated heterocycles. The molecule has 39 heavy (non-hydrogen) atoms. The predicted molar refractivity (Wildman–Crippen MR) is 154 cm³/mol. The van der Waals surface area contributed by atoms with Gasteiger partial charge in [0.2, 0.25) is 11.3 Å². The third-order valence-electron chi connectivity index (χ3n) is 6.43. The van der Waals surface area contributed by atoms with Gasteiger partial charge in [-0.15, -0.1) is 23.1 Å². The number of esters is 1. The molecule has 1 fully saturated rings. The van der Waals surface area contributed by atoms with Gasteiger partial charge in [-0.05, 0) is 34.3 Å². The van der Waals surface area contributed by atoms with Crippen LogP contribution in [-0.2, 0) is 14.3 Å². The molecule has 1 amide bonds. The van der Waals surface area contributed by atoms with E-state index in [0.717, 1.165) is 20.0 Å². The fourth-order valence-electron chi connectivity index (χ4n) is 4.51. The van der Waals surface area contributed by atoms with E-state index < -0.39 is 18.1 Å². The topological polar surface area (TPSA) is 103 Å². The molecule has 0 spiro atoms. The van der Waals surface area contributed by atoms with Gasteiger partial charge in [0.1, 0.15) is 17.1 Å². The van der Waals surface area contributed by atoms with E-state index in [1.54, 1.807) is 12.1 Å². The molecule has 2 aliphatic rings. The van der Waals surface area contributed by atoms with Crippen molar-refractivity contribution in [3.8, 4) is 0 Å². The molecular formula is C29H22N2O5S3. The van der Waals surface area contributed by atoms with Gasteiger partial charge in [-0.2, -0.15) is 0 Å². The average Bonchev–Trinajstić information content (AvgIpc) is 3.45. The number of rotatable bonds is 7. The van der Waals surface area contributed by atoms with Gasteiger partial charge in [-0.1, -0.05) is 72.4 Å². The number of hydrogen-bond acceptors (Lipinski definition) is 9. The van der Waals surface area contributed by atoms with E-state index in [4.69, 9.17) is 14.9 Å². The zero-order valence-corrected chi connectivity index (χ0v) is 22.8. The number of carbonyl (C=O) groups is 2. The van der Waals surface area contributed by atoms with E-state index in [1.807, 2.05) is 66.1 Å². The lowest BCUT2D eigenvalue weighted by molar-refractivity contribution is -0.153. The van der Waals surface area contributed by atoms with Crippen molar-refractivity contribution in [3.63, 3.8) is 0 Å². The van der Waals surface area contributed by atoms with Crippen LogP contribution in [0.3, 0.4) is 0 Å². The zero-order valence-electron chi connectivity index (χ0n) is 20.4. The van der Waals surface area contributed by atoms with Crippen molar-refractivity contribution in [1.29, 1.82) is 0 Å². The first-order chi connectivity index (χ1) is 19.0. The molecule has 2 aromatic heterocycles. The van der Waals surface area contributed by atoms with Gasteiger partial charge in [0.25, 0.3) is 0 Å². The van der Waals surface area contributed by atoms with E-state index in [-0.39, 0.29) is 22.4 Å². The minimum Gasteiger partial charge on any atom is -0.459 e. The van der Waals surface area contributed by atoms with Crippen molar-refractivity contribution in [2.24, 2.45) is 5.73 Å². The van der Waals surface area contributed by atoms with Crippen molar-refractivity contribution >= 4 is 57.0 Å². The molecule has 4 aromatic rings. The second-order valence-electron chi connectivity index (χ2n) is 8.88. The van der Waals surface area contributed by atoms with E-state index in [2.05, 4.69) is 0 Å². The molecule has 2 aliphatic heterocycles. The summed E-state index contributed by atoms with van der Waals surface area (Å²) in [6.45, 7) is 0. The minimum absolute atomic E-state index is 0.183. The summed E-state index contributed by atoms with van der Waals surface area (Å²) in [5, 5.41) is 1.50. The summed E-state index contributed by atoms with van der Waals surface area (Å²) in [4.78, 5) is 40.3. The van der Waals surface area contributed by atoms with Crippen molar-refractivity contribution in [2.45, 2.75) is 21.7 Å². The van der Waals surface area contributed by atoms with Crippen LogP contribution < -0.4 is 11.2 Å². The fourth-order valence-corrected chi connectivity index (χ4v) is 7.70. The predicted octanol–water partition coefficient (Wildman–Crippen LogP) is 5.29. The molecule has 2 N–H and O–H groups in total. The largest absolute Gasteiger partial charge is 0.459 e. The Kier molecular flexibility index (Phi) is 7.18. The third kappa shape index (κ3) is 4.96. The van der Waals surface area contributed by atoms with Crippen LogP contribution in [-0.4, -0.2) is 33.9 Å². The highest BCUT2D eigenvalue weighted by Gasteiger charge is 2.52. The van der Waals surface area contributed by atoms with Crippen molar-refractivity contribution in [3.05, 3.63) is 123 Å². The van der Waals surface area contributed by atoms with Gasteiger partial charge in [0.05, 0.1) is 15.2 Å². The minimum atomic E-state index is -0.657. The number of carbonyl (C=O) groups excluding carboxylic acids is 2. The smallest absolute Gasteiger partial charge is 0.356 e. The highest BCUT2D eigenvalue weighted by Crippen LogP contribution is 2.41. The van der Waals surface area contributed by atoms with Crippen molar-refractivity contribution < 1.29 is 18.7 Å². The number of furan rings is 1. The number of benzene rings is 2. The number of fused-ring (bicyclic) bond motifs is 2. The summed E-state index contributed by atoms with van der Waals surface area (Å²) >= 11 is 4.32. The Bertz CT molecular complexity index is 1620. The SMILES string of the molecule is N[C@@H]1C(=O)N2C(C(=O)OC(c3ccccc3)c3ccccc3)=C(/C=C/Sc3cc(=O)c4occc4s3)CS[C@H]12. The molecule has 0 radical (unpaired) electrons. The van der Waals surface area contributed by atoms with Crippen LogP contribution in [0.5, 0.6) is 0 Å². The van der Waals surface area contributed by atoms with Crippen LogP contribution in [0, 0.1) is 0 Å². The first-order valence-corrected chi connectivity index (χ1v) is 14.8. The Morgan fingerprint density at radius 2 is 1.77 bits per heavy atom. The normalized spacial score (nSPS) is 19.0. The number of amides is 1. The maximum absolute atomic E-state index is 13.8. The Hall–Kier alpha value is -3.57. The average molecular weight is 575 g/mol. The van der Waals surface area contributed by atoms with Crippen molar-refractivity contribution in [1.82, 2.24) is 4.90 Å². The monoisotopic (exact) mass is 574 g/mol. The number of nitrogens with two attached hydrogens (primary N) is 1. The first kappa shape index (κ1) is 25.7. The molecule has 7 nitrogen and oxygen atoms in total. The molecule has 2 aromatic carbocycles. The van der Waals surface area contributed by atoms with E-state index in [0.29, 0.717) is 16.9 Å². The maximum Gasteiger partial charge on any atom is 0.356 e. The molecule has 4 heterocycles. The molecule has 196 valence electrons. The maximum atomic E-state index is 13.8. The van der Waals surface area contributed by atoms with Crippen LogP contribution in [0.2, 0.25) is 0 Å². The van der Waals surface area contributed by atoms with Crippen LogP contribution >= 0.6 is 34.9 Å². The third-order valence-corrected chi connectivity index (χ3v) is 9.77. The van der Waals surface area contributed by atoms with Crippen LogP contribution in [0.4, 0.5) is 0 Å². The molecular weight excluding hydrogens is 553 g/mol. The van der Waals surface area contributed by atoms with E-state index >= 15 is 0 Å². The van der Waals surface area contributed by atoms with Gasteiger partial charge >= 0.3 is 5.97 Å². The Labute approximate surface area is 236 Å². The Balaban J connectivity index is 1.32. The number of hydrogen-bond donors (Lipinski definition) is 1. The first-order valence-electron chi connectivity index (χ1n) is 12.1. The molecule has 0 aliphatic carbocycles. The van der Waals surface area contributed by atoms with Crippen LogP contribution in [0.1, 0.15) is 17.2 Å². The second kappa shape index (κ2) is 10.9. The lowest BCUT2D eigenvalue weighted by Crippen LogP contribution is -2.68. The number of nitrogens with zero attached hydrogens (tertiary/aromatic N) is 1. The number of ether oxygens (including phenoxy) is 1. The zero-order chi connectivity index (χ0) is 26.9. The summed E-state index contributed by atoms with van der Waals surface area (Å²) in [6.07, 6.45) is 2.65. The van der Waals surface area contributed by atoms with Gasteiger partial charge in [0.15, 0.2) is 11.7 Å². The van der Waals surface area contributed by atoms with Gasteiger partial charge in [-0.3, -0.25) is 14.5 Å². The highest BCUT2D eigenvalue weighted by atomic mass is 32.2. The lowest BCUT2D eigenvalue weighted by Gasteiger charge is -2.48. The van der Waals surface area contributed by atoms with E-state index in [9.17, 15) is 14.4 Å². The quantitative estimate of drug-likeness (QED) is 0.181. The summed E-state index contributed by atoms with van der Waals surface area (Å²) in [6, 6.07) is 21.6. The summed E-state index contributed by atoms with van der Waals surface area (Å²) in [5.74, 6) is -0.410. The Morgan fingerprint density at radius 1 is 1.08 bits per heavy atom. The highest BCUT2D eigenvalue weighted by molar-refractivity contribution is 8.04. The Morgan fingerprint density at radius 3 is 2.46 bits per heavy atom. The molecule has 10 heteroatoms. The van der Waals surface area contributed by atoms with Crippen molar-refractivity contribution in [2.75, 3.05) is 5.75 Å². The number of thioether (sulfide) groups is 2. The molecule has 2 atom stereocenters. The molecule has 0 bridgehead atoms. The van der Waals surface area contributed by atoms with Gasteiger partial charge in [0, 0.05) is 11.8 Å². The fraction of sp³-hybridized carbons (Fsp3) is 0.138. The van der Waals surface area contributed by atoms with Gasteiger partial charge < -0.3 is 14.9 Å². The second-order valence-corrected chi connectivity index (χ2v) is 12.3. The summed E-state index contributed by atoms with van der Waals surface area (Å²) in [5.41, 5.74) is 8.72. The summed E-state index contributed by atoms with van der Waals surface area (Å²) < 4.78 is 12.9. The van der Waals surface area contributed by atoms with Crippen LogP contribution in [0.15, 0.2) is 115 Å². The standard InChI is InChI=1S/C29H22N2O5S3/c30-23-27(33)31-24(29(34)36-25(17-7-3-1-4-8-17)18-9-5-2-6-10-18)19(16-38-28(23)31)12-14-37-22-15-20(32)26-21(39-22)11-13-35-26/h1-15,23,25,28H,16,30H2/b14-12+/t23-,28-/m1/s1. The van der Waals surface area contributed by atoms with E-state index in [1.165, 1.54) is 52.1 Å². The number of β-lactam (4-membered cyclic amide) rings is 1. The lowest BCUT2D eigenvalue weighted by atomic mass is 10.0.